The van der Waals surface area contributed by atoms with E-state index in [2.05, 4.69) is 13.8 Å². The van der Waals surface area contributed by atoms with Gasteiger partial charge in [0.05, 0.1) is 5.41 Å². The van der Waals surface area contributed by atoms with E-state index in [1.165, 1.54) is 77.0 Å². The van der Waals surface area contributed by atoms with E-state index in [1.807, 2.05) is 0 Å². The first-order valence-corrected chi connectivity index (χ1v) is 12.9. The average molecular weight is 427 g/mol. The maximum atomic E-state index is 12.2. The van der Waals surface area contributed by atoms with Gasteiger partial charge >= 0.3 is 11.9 Å². The van der Waals surface area contributed by atoms with Crippen molar-refractivity contribution < 1.29 is 19.8 Å². The lowest BCUT2D eigenvalue weighted by molar-refractivity contribution is -0.151. The van der Waals surface area contributed by atoms with Gasteiger partial charge in [-0.05, 0) is 25.7 Å². The highest BCUT2D eigenvalue weighted by atomic mass is 16.4. The number of rotatable bonds is 23. The van der Waals surface area contributed by atoms with Gasteiger partial charge < -0.3 is 10.2 Å². The molecule has 0 aromatic rings. The van der Waals surface area contributed by atoms with Crippen molar-refractivity contribution in [3.05, 3.63) is 0 Å². The van der Waals surface area contributed by atoms with Gasteiger partial charge in [-0.2, -0.15) is 0 Å². The van der Waals surface area contributed by atoms with Crippen molar-refractivity contribution in [2.45, 2.75) is 149 Å². The molecule has 0 fully saturated rings. The summed E-state index contributed by atoms with van der Waals surface area (Å²) in [4.78, 5) is 23.1. The SMILES string of the molecule is CCCCCCCCCCCCC(CCCCCCCC)(CCCC(=O)O)C(=O)O. The molecule has 0 aromatic carbocycles. The van der Waals surface area contributed by atoms with Gasteiger partial charge in [-0.15, -0.1) is 0 Å². The van der Waals surface area contributed by atoms with Crippen molar-refractivity contribution in [3.63, 3.8) is 0 Å². The predicted octanol–water partition coefficient (Wildman–Crippen LogP) is 8.37. The van der Waals surface area contributed by atoms with Gasteiger partial charge in [0.25, 0.3) is 0 Å². The molecule has 4 heteroatoms. The van der Waals surface area contributed by atoms with Crippen LogP contribution in [0.25, 0.3) is 0 Å². The molecular weight excluding hydrogens is 376 g/mol. The normalized spacial score (nSPS) is 13.3. The quantitative estimate of drug-likeness (QED) is 0.161. The Morgan fingerprint density at radius 1 is 0.533 bits per heavy atom. The van der Waals surface area contributed by atoms with E-state index >= 15 is 0 Å². The number of aliphatic carboxylic acids is 2. The lowest BCUT2D eigenvalue weighted by Crippen LogP contribution is -2.31. The van der Waals surface area contributed by atoms with Crippen molar-refractivity contribution in [2.75, 3.05) is 0 Å². The van der Waals surface area contributed by atoms with Gasteiger partial charge in [0.15, 0.2) is 0 Å². The van der Waals surface area contributed by atoms with Crippen molar-refractivity contribution in [1.82, 2.24) is 0 Å². The van der Waals surface area contributed by atoms with Gasteiger partial charge in [0, 0.05) is 6.42 Å². The van der Waals surface area contributed by atoms with Crippen LogP contribution in [-0.4, -0.2) is 22.2 Å². The lowest BCUT2D eigenvalue weighted by atomic mass is 9.74. The summed E-state index contributed by atoms with van der Waals surface area (Å²) in [6, 6.07) is 0. The second-order valence-corrected chi connectivity index (χ2v) is 9.28. The number of hydrogen-bond acceptors (Lipinski definition) is 2. The molecule has 0 aromatic heterocycles. The largest absolute Gasteiger partial charge is 0.481 e. The molecule has 0 heterocycles. The van der Waals surface area contributed by atoms with E-state index in [4.69, 9.17) is 5.11 Å². The molecule has 0 aliphatic carbocycles. The predicted molar refractivity (Wildman–Crippen MR) is 126 cm³/mol. The Hall–Kier alpha value is -1.06. The zero-order chi connectivity index (χ0) is 22.5. The van der Waals surface area contributed by atoms with Crippen LogP contribution < -0.4 is 0 Å². The van der Waals surface area contributed by atoms with E-state index in [0.29, 0.717) is 25.7 Å². The zero-order valence-corrected chi connectivity index (χ0v) is 20.1. The lowest BCUT2D eigenvalue weighted by Gasteiger charge is -2.30. The van der Waals surface area contributed by atoms with Gasteiger partial charge in [0.2, 0.25) is 0 Å². The Bertz CT molecular complexity index is 421. The van der Waals surface area contributed by atoms with Crippen molar-refractivity contribution in [3.8, 4) is 0 Å². The van der Waals surface area contributed by atoms with Crippen LogP contribution in [-0.2, 0) is 9.59 Å². The van der Waals surface area contributed by atoms with E-state index in [-0.39, 0.29) is 6.42 Å². The number of carboxylic acid groups (broad SMARTS) is 2. The molecular formula is C26H50O4. The molecule has 0 spiro atoms. The van der Waals surface area contributed by atoms with Gasteiger partial charge in [-0.25, -0.2) is 0 Å². The van der Waals surface area contributed by atoms with Crippen LogP contribution in [0.1, 0.15) is 149 Å². The number of unbranched alkanes of at least 4 members (excludes halogenated alkanes) is 14. The highest BCUT2D eigenvalue weighted by molar-refractivity contribution is 5.74. The highest BCUT2D eigenvalue weighted by Crippen LogP contribution is 2.37. The Labute approximate surface area is 186 Å². The molecule has 1 unspecified atom stereocenters. The Morgan fingerprint density at radius 2 is 0.867 bits per heavy atom. The summed E-state index contributed by atoms with van der Waals surface area (Å²) in [5.74, 6) is -1.54. The number of carboxylic acids is 2. The van der Waals surface area contributed by atoms with Crippen LogP contribution >= 0.6 is 0 Å². The molecule has 4 nitrogen and oxygen atoms in total. The van der Waals surface area contributed by atoms with E-state index in [0.717, 1.165) is 25.7 Å². The van der Waals surface area contributed by atoms with E-state index in [1.54, 1.807) is 0 Å². The van der Waals surface area contributed by atoms with Gasteiger partial charge in [0.1, 0.15) is 0 Å². The van der Waals surface area contributed by atoms with Gasteiger partial charge in [-0.3, -0.25) is 9.59 Å². The van der Waals surface area contributed by atoms with E-state index in [9.17, 15) is 14.7 Å². The Balaban J connectivity index is 4.34. The molecule has 0 bridgehead atoms. The van der Waals surface area contributed by atoms with Crippen LogP contribution in [0.2, 0.25) is 0 Å². The van der Waals surface area contributed by atoms with Crippen LogP contribution in [0.15, 0.2) is 0 Å². The second kappa shape index (κ2) is 19.9. The fraction of sp³-hybridized carbons (Fsp3) is 0.923. The number of carbonyl (C=O) groups is 2. The first-order valence-electron chi connectivity index (χ1n) is 12.9. The topological polar surface area (TPSA) is 74.6 Å². The minimum Gasteiger partial charge on any atom is -0.481 e. The molecule has 0 radical (unpaired) electrons. The van der Waals surface area contributed by atoms with Crippen LogP contribution in [0, 0.1) is 5.41 Å². The van der Waals surface area contributed by atoms with Crippen LogP contribution in [0.4, 0.5) is 0 Å². The van der Waals surface area contributed by atoms with Crippen molar-refractivity contribution in [1.29, 1.82) is 0 Å². The summed E-state index contributed by atoms with van der Waals surface area (Å²) in [6.45, 7) is 4.44. The van der Waals surface area contributed by atoms with Crippen LogP contribution in [0.5, 0.6) is 0 Å². The molecule has 0 aliphatic heterocycles. The van der Waals surface area contributed by atoms with Crippen molar-refractivity contribution >= 4 is 11.9 Å². The fourth-order valence-corrected chi connectivity index (χ4v) is 4.47. The first kappa shape index (κ1) is 28.9. The maximum absolute atomic E-state index is 12.2. The summed E-state index contributed by atoms with van der Waals surface area (Å²) >= 11 is 0. The molecule has 0 saturated heterocycles. The molecule has 30 heavy (non-hydrogen) atoms. The summed E-state index contributed by atoms with van der Waals surface area (Å²) in [5.41, 5.74) is -0.722. The summed E-state index contributed by atoms with van der Waals surface area (Å²) in [7, 11) is 0. The minimum atomic E-state index is -0.826. The highest BCUT2D eigenvalue weighted by Gasteiger charge is 2.36. The molecule has 178 valence electrons. The third-order valence-corrected chi connectivity index (χ3v) is 6.52. The molecule has 2 N–H and O–H groups in total. The summed E-state index contributed by atoms with van der Waals surface area (Å²) in [6.07, 6.45) is 21.8. The van der Waals surface area contributed by atoms with E-state index < -0.39 is 17.4 Å². The van der Waals surface area contributed by atoms with Crippen molar-refractivity contribution in [2.24, 2.45) is 5.41 Å². The average Bonchev–Trinajstić information content (AvgIpc) is 2.71. The second-order valence-electron chi connectivity index (χ2n) is 9.28. The standard InChI is InChI=1S/C26H50O4/c1-3-5-7-9-11-12-13-14-16-18-22-26(25(29)30,23-19-20-24(27)28)21-17-15-10-8-6-4-2/h3-23H2,1-2H3,(H,27,28)(H,29,30). The van der Waals surface area contributed by atoms with Crippen LogP contribution in [0.3, 0.4) is 0 Å². The molecule has 0 rings (SSSR count). The maximum Gasteiger partial charge on any atom is 0.309 e. The number of hydrogen-bond donors (Lipinski definition) is 2. The zero-order valence-electron chi connectivity index (χ0n) is 20.1. The molecule has 0 saturated carbocycles. The summed E-state index contributed by atoms with van der Waals surface area (Å²) in [5, 5.41) is 19.0. The minimum absolute atomic E-state index is 0.0730. The Morgan fingerprint density at radius 3 is 1.20 bits per heavy atom. The smallest absolute Gasteiger partial charge is 0.309 e. The van der Waals surface area contributed by atoms with Gasteiger partial charge in [-0.1, -0.05) is 117 Å². The summed E-state index contributed by atoms with van der Waals surface area (Å²) < 4.78 is 0. The monoisotopic (exact) mass is 426 g/mol. The molecule has 0 amide bonds. The third-order valence-electron chi connectivity index (χ3n) is 6.52. The first-order chi connectivity index (χ1) is 14.5. The molecule has 1 atom stereocenters. The fourth-order valence-electron chi connectivity index (χ4n) is 4.47. The molecule has 0 aliphatic rings. The Kier molecular flexibility index (Phi) is 19.2. The third kappa shape index (κ3) is 15.7.